The molecule has 0 radical (unpaired) electrons. The molecule has 35 heavy (non-hydrogen) atoms. The lowest BCUT2D eigenvalue weighted by Crippen LogP contribution is -2.24. The van der Waals surface area contributed by atoms with Gasteiger partial charge in [0, 0.05) is 47.7 Å². The van der Waals surface area contributed by atoms with Crippen molar-refractivity contribution in [3.05, 3.63) is 104 Å². The van der Waals surface area contributed by atoms with Gasteiger partial charge in [-0.2, -0.15) is 5.10 Å². The molecular formula is C29H22N6. The van der Waals surface area contributed by atoms with Crippen LogP contribution in [-0.4, -0.2) is 33.5 Å². The highest BCUT2D eigenvalue weighted by Crippen LogP contribution is 2.44. The average Bonchev–Trinajstić information content (AvgIpc) is 3.57. The fourth-order valence-electron chi connectivity index (χ4n) is 4.92. The molecule has 3 aromatic heterocycles. The van der Waals surface area contributed by atoms with Gasteiger partial charge >= 0.3 is 0 Å². The molecule has 6 heteroatoms. The molecule has 7 rings (SSSR count). The van der Waals surface area contributed by atoms with Crippen LogP contribution in [0.1, 0.15) is 0 Å². The minimum Gasteiger partial charge on any atom is -0.354 e. The van der Waals surface area contributed by atoms with Crippen LogP contribution in [0.4, 0.5) is 17.1 Å². The van der Waals surface area contributed by atoms with Crippen molar-refractivity contribution in [2.45, 2.75) is 0 Å². The molecule has 0 unspecified atom stereocenters. The summed E-state index contributed by atoms with van der Waals surface area (Å²) in [5, 5.41) is 6.61. The number of hydrogen-bond acceptors (Lipinski definition) is 5. The van der Waals surface area contributed by atoms with E-state index in [1.807, 2.05) is 41.5 Å². The van der Waals surface area contributed by atoms with E-state index in [4.69, 9.17) is 4.98 Å². The molecule has 0 saturated carbocycles. The van der Waals surface area contributed by atoms with Crippen LogP contribution >= 0.6 is 0 Å². The molecule has 0 aliphatic carbocycles. The minimum atomic E-state index is 0.763. The zero-order chi connectivity index (χ0) is 23.4. The van der Waals surface area contributed by atoms with Crippen molar-refractivity contribution in [2.24, 2.45) is 0 Å². The molecule has 1 aliphatic heterocycles. The maximum atomic E-state index is 4.77. The predicted molar refractivity (Wildman–Crippen MR) is 141 cm³/mol. The molecule has 0 saturated heterocycles. The number of rotatable bonds is 3. The number of benzene rings is 3. The van der Waals surface area contributed by atoms with E-state index in [0.29, 0.717) is 0 Å². The van der Waals surface area contributed by atoms with E-state index in [0.717, 1.165) is 56.7 Å². The van der Waals surface area contributed by atoms with Crippen LogP contribution in [0.5, 0.6) is 0 Å². The molecule has 168 valence electrons. The summed E-state index contributed by atoms with van der Waals surface area (Å²) in [6, 6.07) is 27.4. The molecule has 0 bridgehead atoms. The van der Waals surface area contributed by atoms with E-state index in [1.54, 1.807) is 6.20 Å². The van der Waals surface area contributed by atoms with Crippen LogP contribution in [0.3, 0.4) is 0 Å². The second-order valence-electron chi connectivity index (χ2n) is 8.88. The zero-order valence-corrected chi connectivity index (χ0v) is 19.2. The Morgan fingerprint density at radius 1 is 0.743 bits per heavy atom. The minimum absolute atomic E-state index is 0.763. The first-order valence-electron chi connectivity index (χ1n) is 11.6. The molecule has 0 N–H and O–H groups in total. The van der Waals surface area contributed by atoms with E-state index < -0.39 is 0 Å². The average molecular weight is 455 g/mol. The summed E-state index contributed by atoms with van der Waals surface area (Å²) < 4.78 is 1.87. The summed E-state index contributed by atoms with van der Waals surface area (Å²) in [5.41, 5.74) is 8.70. The smallest absolute Gasteiger partial charge is 0.0950 e. The van der Waals surface area contributed by atoms with Crippen molar-refractivity contribution in [1.29, 1.82) is 0 Å². The first-order valence-corrected chi connectivity index (χ1v) is 11.6. The van der Waals surface area contributed by atoms with Crippen LogP contribution in [-0.2, 0) is 0 Å². The topological polar surface area (TPSA) is 50.1 Å². The summed E-state index contributed by atoms with van der Waals surface area (Å²) in [6.45, 7) is 0.763. The molecule has 4 heterocycles. The van der Waals surface area contributed by atoms with Crippen molar-refractivity contribution in [3.63, 3.8) is 0 Å². The molecule has 0 spiro atoms. The van der Waals surface area contributed by atoms with Gasteiger partial charge in [-0.3, -0.25) is 9.97 Å². The first-order chi connectivity index (χ1) is 17.2. The number of anilines is 3. The van der Waals surface area contributed by atoms with E-state index in [-0.39, 0.29) is 0 Å². The largest absolute Gasteiger partial charge is 0.354 e. The molecule has 3 aromatic carbocycles. The van der Waals surface area contributed by atoms with E-state index >= 15 is 0 Å². The standard InChI is InChI=1S/C29H22N6/c1-33-19-34(23-8-10-24(11-9-23)35-14-4-13-32-35)29-25-16-20(7-12-27(25)31-18-28(29)33)22-15-21-5-2-3-6-26(21)30-17-22/h2-18H,19H2,1H3. The molecule has 6 nitrogen and oxygen atoms in total. The Morgan fingerprint density at radius 3 is 2.43 bits per heavy atom. The maximum Gasteiger partial charge on any atom is 0.0950 e. The zero-order valence-electron chi connectivity index (χ0n) is 19.2. The van der Waals surface area contributed by atoms with Crippen LogP contribution in [0.2, 0.25) is 0 Å². The lowest BCUT2D eigenvalue weighted by atomic mass is 10.0. The lowest BCUT2D eigenvalue weighted by Gasteiger charge is -2.21. The Morgan fingerprint density at radius 2 is 1.57 bits per heavy atom. The summed E-state index contributed by atoms with van der Waals surface area (Å²) >= 11 is 0. The Bertz CT molecular complexity index is 1690. The molecule has 0 fully saturated rings. The molecular weight excluding hydrogens is 432 g/mol. The van der Waals surface area contributed by atoms with Crippen LogP contribution < -0.4 is 9.80 Å². The number of aromatic nitrogens is 4. The number of nitrogens with zero attached hydrogens (tertiary/aromatic N) is 6. The van der Waals surface area contributed by atoms with Gasteiger partial charge in [0.1, 0.15) is 0 Å². The third kappa shape index (κ3) is 3.22. The van der Waals surface area contributed by atoms with Gasteiger partial charge in [0.05, 0.1) is 41.0 Å². The summed E-state index contributed by atoms with van der Waals surface area (Å²) in [4.78, 5) is 14.0. The van der Waals surface area contributed by atoms with Crippen LogP contribution in [0.25, 0.3) is 38.6 Å². The Kier molecular flexibility index (Phi) is 4.32. The van der Waals surface area contributed by atoms with Gasteiger partial charge in [-0.25, -0.2) is 4.68 Å². The van der Waals surface area contributed by atoms with Gasteiger partial charge in [-0.05, 0) is 60.2 Å². The molecule has 0 atom stereocenters. The number of para-hydroxylation sites is 1. The number of pyridine rings is 2. The molecule has 0 amide bonds. The van der Waals surface area contributed by atoms with Crippen LogP contribution in [0.15, 0.2) is 104 Å². The van der Waals surface area contributed by atoms with E-state index in [9.17, 15) is 0 Å². The van der Waals surface area contributed by atoms with Gasteiger partial charge in [0.25, 0.3) is 0 Å². The lowest BCUT2D eigenvalue weighted by molar-refractivity contribution is 0.879. The number of hydrogen-bond donors (Lipinski definition) is 0. The summed E-state index contributed by atoms with van der Waals surface area (Å²) in [7, 11) is 2.11. The highest BCUT2D eigenvalue weighted by atomic mass is 15.4. The quantitative estimate of drug-likeness (QED) is 0.320. The van der Waals surface area contributed by atoms with Crippen molar-refractivity contribution in [2.75, 3.05) is 23.5 Å². The van der Waals surface area contributed by atoms with Gasteiger partial charge in [0.2, 0.25) is 0 Å². The monoisotopic (exact) mass is 454 g/mol. The highest BCUT2D eigenvalue weighted by molar-refractivity contribution is 6.04. The third-order valence-corrected chi connectivity index (χ3v) is 6.71. The van der Waals surface area contributed by atoms with Gasteiger partial charge in [-0.1, -0.05) is 24.3 Å². The second-order valence-corrected chi connectivity index (χ2v) is 8.88. The Labute approximate surface area is 202 Å². The number of fused-ring (bicyclic) bond motifs is 4. The maximum absolute atomic E-state index is 4.77. The van der Waals surface area contributed by atoms with Crippen LogP contribution in [0, 0.1) is 0 Å². The predicted octanol–water partition coefficient (Wildman–Crippen LogP) is 6.18. The van der Waals surface area contributed by atoms with Crippen molar-refractivity contribution < 1.29 is 0 Å². The van der Waals surface area contributed by atoms with Gasteiger partial charge < -0.3 is 9.80 Å². The van der Waals surface area contributed by atoms with Gasteiger partial charge in [0.15, 0.2) is 0 Å². The molecule has 1 aliphatic rings. The normalized spacial score (nSPS) is 13.1. The van der Waals surface area contributed by atoms with Gasteiger partial charge in [-0.15, -0.1) is 0 Å². The van der Waals surface area contributed by atoms with Crippen molar-refractivity contribution >= 4 is 38.9 Å². The highest BCUT2D eigenvalue weighted by Gasteiger charge is 2.27. The SMILES string of the molecule is CN1CN(c2ccc(-n3cccn3)cc2)c2c1cnc1ccc(-c3cnc4ccccc4c3)cc21. The first kappa shape index (κ1) is 19.7. The van der Waals surface area contributed by atoms with Crippen molar-refractivity contribution in [3.8, 4) is 16.8 Å². The summed E-state index contributed by atoms with van der Waals surface area (Å²) in [5.74, 6) is 0. The Hall–Kier alpha value is -4.71. The Balaban J connectivity index is 1.35. The summed E-state index contributed by atoms with van der Waals surface area (Å²) in [6.07, 6.45) is 7.68. The molecule has 6 aromatic rings. The second kappa shape index (κ2) is 7.67. The van der Waals surface area contributed by atoms with E-state index in [1.165, 1.54) is 5.69 Å². The fraction of sp³-hybridized carbons (Fsp3) is 0.0690. The van der Waals surface area contributed by atoms with Crippen molar-refractivity contribution in [1.82, 2.24) is 19.7 Å². The third-order valence-electron chi connectivity index (χ3n) is 6.71. The fourth-order valence-corrected chi connectivity index (χ4v) is 4.92. The van der Waals surface area contributed by atoms with E-state index in [2.05, 4.69) is 87.6 Å².